The van der Waals surface area contributed by atoms with Gasteiger partial charge in [-0.2, -0.15) is 0 Å². The number of benzene rings is 1. The smallest absolute Gasteiger partial charge is 0.310 e. The quantitative estimate of drug-likeness (QED) is 0.784. The Morgan fingerprint density at radius 3 is 2.80 bits per heavy atom. The van der Waals surface area contributed by atoms with E-state index in [2.05, 4.69) is 5.16 Å². The SMILES string of the molecule is CC1=NOC(COC(=O)C2CCCN(C(=O)c3ccc(F)cc3)C2)C1. The Balaban J connectivity index is 1.52. The van der Waals surface area contributed by atoms with Crippen LogP contribution in [0.2, 0.25) is 0 Å². The molecule has 2 aliphatic heterocycles. The summed E-state index contributed by atoms with van der Waals surface area (Å²) >= 11 is 0. The van der Waals surface area contributed by atoms with Crippen LogP contribution in [0.3, 0.4) is 0 Å². The number of halogens is 1. The average Bonchev–Trinajstić information content (AvgIpc) is 3.05. The minimum absolute atomic E-state index is 0.169. The number of ether oxygens (including phenoxy) is 1. The molecule has 2 unspecified atom stereocenters. The highest BCUT2D eigenvalue weighted by Crippen LogP contribution is 2.21. The fourth-order valence-corrected chi connectivity index (χ4v) is 3.08. The largest absolute Gasteiger partial charge is 0.461 e. The van der Waals surface area contributed by atoms with E-state index in [0.29, 0.717) is 31.5 Å². The van der Waals surface area contributed by atoms with E-state index in [1.165, 1.54) is 24.3 Å². The first-order valence-corrected chi connectivity index (χ1v) is 8.43. The molecule has 2 aliphatic rings. The standard InChI is InChI=1S/C18H21FN2O4/c1-12-9-16(25-20-12)11-24-18(23)14-3-2-8-21(10-14)17(22)13-4-6-15(19)7-5-13/h4-7,14,16H,2-3,8-11H2,1H3. The van der Waals surface area contributed by atoms with Crippen LogP contribution in [0, 0.1) is 11.7 Å². The third-order valence-electron chi connectivity index (χ3n) is 4.43. The Morgan fingerprint density at radius 2 is 2.12 bits per heavy atom. The number of piperidine rings is 1. The van der Waals surface area contributed by atoms with Gasteiger partial charge in [0, 0.05) is 25.1 Å². The average molecular weight is 348 g/mol. The summed E-state index contributed by atoms with van der Waals surface area (Å²) in [5.41, 5.74) is 1.30. The van der Waals surface area contributed by atoms with Crippen LogP contribution in [0.5, 0.6) is 0 Å². The Kier molecular flexibility index (Phi) is 5.31. The van der Waals surface area contributed by atoms with Crippen molar-refractivity contribution < 1.29 is 23.6 Å². The lowest BCUT2D eigenvalue weighted by molar-refractivity contribution is -0.153. The molecule has 0 aliphatic carbocycles. The molecule has 1 fully saturated rings. The van der Waals surface area contributed by atoms with Crippen molar-refractivity contribution in [3.8, 4) is 0 Å². The Bertz CT molecular complexity index is 674. The first kappa shape index (κ1) is 17.4. The highest BCUT2D eigenvalue weighted by molar-refractivity contribution is 5.94. The lowest BCUT2D eigenvalue weighted by Crippen LogP contribution is -2.43. The molecule has 2 heterocycles. The molecule has 7 heteroatoms. The third-order valence-corrected chi connectivity index (χ3v) is 4.43. The van der Waals surface area contributed by atoms with Crippen molar-refractivity contribution in [3.63, 3.8) is 0 Å². The molecular formula is C18H21FN2O4. The van der Waals surface area contributed by atoms with Crippen molar-refractivity contribution in [3.05, 3.63) is 35.6 Å². The van der Waals surface area contributed by atoms with Gasteiger partial charge in [-0.1, -0.05) is 5.16 Å². The van der Waals surface area contributed by atoms with Gasteiger partial charge in [0.15, 0.2) is 6.10 Å². The van der Waals surface area contributed by atoms with Crippen molar-refractivity contribution in [2.75, 3.05) is 19.7 Å². The number of hydrogen-bond donors (Lipinski definition) is 0. The van der Waals surface area contributed by atoms with Gasteiger partial charge in [0.2, 0.25) is 0 Å². The molecule has 3 rings (SSSR count). The van der Waals surface area contributed by atoms with Crippen LogP contribution in [-0.4, -0.2) is 48.3 Å². The Labute approximate surface area is 145 Å². The molecule has 134 valence electrons. The minimum Gasteiger partial charge on any atom is -0.461 e. The highest BCUT2D eigenvalue weighted by Gasteiger charge is 2.31. The monoisotopic (exact) mass is 348 g/mol. The lowest BCUT2D eigenvalue weighted by atomic mass is 9.97. The Morgan fingerprint density at radius 1 is 1.36 bits per heavy atom. The van der Waals surface area contributed by atoms with E-state index in [0.717, 1.165) is 12.1 Å². The van der Waals surface area contributed by atoms with Crippen LogP contribution in [0.25, 0.3) is 0 Å². The zero-order valence-electron chi connectivity index (χ0n) is 14.1. The van der Waals surface area contributed by atoms with Crippen molar-refractivity contribution in [1.29, 1.82) is 0 Å². The number of esters is 1. The van der Waals surface area contributed by atoms with Gasteiger partial charge in [0.1, 0.15) is 12.4 Å². The predicted octanol–water partition coefficient (Wildman–Crippen LogP) is 2.39. The number of amides is 1. The first-order valence-electron chi connectivity index (χ1n) is 8.43. The van der Waals surface area contributed by atoms with Gasteiger partial charge < -0.3 is 14.5 Å². The fraction of sp³-hybridized carbons (Fsp3) is 0.500. The molecule has 0 saturated carbocycles. The van der Waals surface area contributed by atoms with Gasteiger partial charge >= 0.3 is 5.97 Å². The molecule has 1 aromatic carbocycles. The number of oxime groups is 1. The van der Waals surface area contributed by atoms with Crippen LogP contribution in [0.15, 0.2) is 29.4 Å². The predicted molar refractivity (Wildman–Crippen MR) is 88.6 cm³/mol. The first-order chi connectivity index (χ1) is 12.0. The summed E-state index contributed by atoms with van der Waals surface area (Å²) in [4.78, 5) is 31.6. The molecule has 0 spiro atoms. The molecule has 1 aromatic rings. The molecule has 0 N–H and O–H groups in total. The molecular weight excluding hydrogens is 327 g/mol. The number of hydrogen-bond acceptors (Lipinski definition) is 5. The summed E-state index contributed by atoms with van der Waals surface area (Å²) in [5.74, 6) is -1.24. The minimum atomic E-state index is -0.384. The number of rotatable bonds is 4. The van der Waals surface area contributed by atoms with E-state index in [4.69, 9.17) is 9.57 Å². The van der Waals surface area contributed by atoms with Gasteiger partial charge in [0.05, 0.1) is 11.6 Å². The highest BCUT2D eigenvalue weighted by atomic mass is 19.1. The molecule has 0 bridgehead atoms. The van der Waals surface area contributed by atoms with Crippen LogP contribution in [0.1, 0.15) is 36.5 Å². The maximum atomic E-state index is 13.0. The van der Waals surface area contributed by atoms with E-state index in [9.17, 15) is 14.0 Å². The fourth-order valence-electron chi connectivity index (χ4n) is 3.08. The zero-order valence-corrected chi connectivity index (χ0v) is 14.1. The number of nitrogens with zero attached hydrogens (tertiary/aromatic N) is 2. The summed E-state index contributed by atoms with van der Waals surface area (Å²) in [6.07, 6.45) is 1.86. The maximum Gasteiger partial charge on any atom is 0.310 e. The van der Waals surface area contributed by atoms with Gasteiger partial charge in [-0.25, -0.2) is 4.39 Å². The second-order valence-corrected chi connectivity index (χ2v) is 6.49. The van der Waals surface area contributed by atoms with Gasteiger partial charge in [-0.3, -0.25) is 9.59 Å². The second-order valence-electron chi connectivity index (χ2n) is 6.49. The molecule has 6 nitrogen and oxygen atoms in total. The van der Waals surface area contributed by atoms with Crippen LogP contribution in [0.4, 0.5) is 4.39 Å². The summed E-state index contributed by atoms with van der Waals surface area (Å²) in [6.45, 7) is 2.93. The molecule has 0 radical (unpaired) electrons. The summed E-state index contributed by atoms with van der Waals surface area (Å²) in [6, 6.07) is 5.43. The van der Waals surface area contributed by atoms with Gasteiger partial charge in [-0.15, -0.1) is 0 Å². The van der Waals surface area contributed by atoms with Gasteiger partial charge in [0.25, 0.3) is 5.91 Å². The van der Waals surface area contributed by atoms with Crippen molar-refractivity contribution >= 4 is 17.6 Å². The van der Waals surface area contributed by atoms with Crippen molar-refractivity contribution in [2.45, 2.75) is 32.3 Å². The van der Waals surface area contributed by atoms with Gasteiger partial charge in [-0.05, 0) is 44.0 Å². The third kappa shape index (κ3) is 4.35. The van der Waals surface area contributed by atoms with E-state index in [-0.39, 0.29) is 36.3 Å². The summed E-state index contributed by atoms with van der Waals surface area (Å²) in [7, 11) is 0. The van der Waals surface area contributed by atoms with Crippen molar-refractivity contribution in [2.24, 2.45) is 11.1 Å². The molecule has 1 amide bonds. The molecule has 25 heavy (non-hydrogen) atoms. The van der Waals surface area contributed by atoms with E-state index < -0.39 is 0 Å². The number of carbonyl (C=O) groups is 2. The Hall–Kier alpha value is -2.44. The topological polar surface area (TPSA) is 68.2 Å². The normalized spacial score (nSPS) is 23.0. The molecule has 1 saturated heterocycles. The second kappa shape index (κ2) is 7.63. The summed E-state index contributed by atoms with van der Waals surface area (Å²) in [5, 5.41) is 3.83. The van der Waals surface area contributed by atoms with Crippen LogP contribution < -0.4 is 0 Å². The summed E-state index contributed by atoms with van der Waals surface area (Å²) < 4.78 is 18.3. The molecule has 2 atom stereocenters. The zero-order chi connectivity index (χ0) is 17.8. The van der Waals surface area contributed by atoms with E-state index in [1.54, 1.807) is 4.90 Å². The number of carbonyl (C=O) groups excluding carboxylic acids is 2. The van der Waals surface area contributed by atoms with Crippen LogP contribution >= 0.6 is 0 Å². The maximum absolute atomic E-state index is 13.0. The van der Waals surface area contributed by atoms with Crippen molar-refractivity contribution in [1.82, 2.24) is 4.90 Å². The number of likely N-dealkylation sites (tertiary alicyclic amines) is 1. The van der Waals surface area contributed by atoms with E-state index in [1.807, 2.05) is 6.92 Å². The van der Waals surface area contributed by atoms with E-state index >= 15 is 0 Å². The lowest BCUT2D eigenvalue weighted by Gasteiger charge is -2.31. The molecule has 0 aromatic heterocycles. The van der Waals surface area contributed by atoms with Crippen LogP contribution in [-0.2, 0) is 14.4 Å².